The molecule has 0 aliphatic carbocycles. The van der Waals surface area contributed by atoms with Crippen LogP contribution in [0.4, 0.5) is 4.39 Å². The molecule has 7 N–H and O–H groups in total. The zero-order valence-electron chi connectivity index (χ0n) is 22.0. The molecule has 0 saturated carbocycles. The molecular weight excluding hydrogens is 541 g/mol. The van der Waals surface area contributed by atoms with Crippen LogP contribution in [0.2, 0.25) is 0 Å². The van der Waals surface area contributed by atoms with Gasteiger partial charge in [0.1, 0.15) is 17.9 Å². The fourth-order valence-corrected chi connectivity index (χ4v) is 4.05. The van der Waals surface area contributed by atoms with Gasteiger partial charge >= 0.3 is 5.97 Å². The van der Waals surface area contributed by atoms with E-state index in [4.69, 9.17) is 5.73 Å². The Labute approximate surface area is 235 Å². The number of carbonyl (C=O) groups excluding carboxylic acids is 4. The molecule has 0 fully saturated rings. The van der Waals surface area contributed by atoms with Crippen molar-refractivity contribution in [2.75, 3.05) is 25.1 Å². The lowest BCUT2D eigenvalue weighted by atomic mass is 10.0. The van der Waals surface area contributed by atoms with Crippen molar-refractivity contribution in [3.8, 4) is 0 Å². The Bertz CT molecular complexity index is 1150. The predicted molar refractivity (Wildman–Crippen MR) is 149 cm³/mol. The maximum absolute atomic E-state index is 13.0. The van der Waals surface area contributed by atoms with Gasteiger partial charge in [-0.1, -0.05) is 42.5 Å². The second-order valence-electron chi connectivity index (χ2n) is 8.92. The van der Waals surface area contributed by atoms with Crippen molar-refractivity contribution < 1.29 is 33.5 Å². The molecule has 0 heterocycles. The molecule has 0 bridgehead atoms. The summed E-state index contributed by atoms with van der Waals surface area (Å²) in [7, 11) is 0. The number of carbonyl (C=O) groups is 5. The molecule has 11 nitrogen and oxygen atoms in total. The average Bonchev–Trinajstić information content (AvgIpc) is 2.93. The van der Waals surface area contributed by atoms with E-state index in [9.17, 15) is 33.5 Å². The molecule has 2 aromatic carbocycles. The summed E-state index contributed by atoms with van der Waals surface area (Å²) >= 11 is 1.44. The van der Waals surface area contributed by atoms with Gasteiger partial charge in [0.15, 0.2) is 0 Å². The van der Waals surface area contributed by atoms with Crippen molar-refractivity contribution >= 4 is 41.4 Å². The first-order chi connectivity index (χ1) is 19.1. The molecular formula is C27H34FN5O6S. The SMILES string of the molecule is CSCCC(NC(=O)[C@@H](Cc1ccccc1)NC(=O)CNC(=O)CNC(=O)[C@H](N)Cc1ccc(F)cc1)C(=O)O. The van der Waals surface area contributed by atoms with Crippen molar-refractivity contribution in [3.05, 3.63) is 71.5 Å². The van der Waals surface area contributed by atoms with Crippen molar-refractivity contribution in [3.63, 3.8) is 0 Å². The fraction of sp³-hybridized carbons (Fsp3) is 0.370. The van der Waals surface area contributed by atoms with Crippen molar-refractivity contribution in [1.82, 2.24) is 21.3 Å². The average molecular weight is 576 g/mol. The Balaban J connectivity index is 1.88. The number of carboxylic acid groups (broad SMARTS) is 1. The van der Waals surface area contributed by atoms with E-state index in [1.165, 1.54) is 36.0 Å². The molecule has 1 unspecified atom stereocenters. The number of aliphatic carboxylic acids is 1. The molecule has 0 aliphatic rings. The van der Waals surface area contributed by atoms with Crippen LogP contribution in [0.3, 0.4) is 0 Å². The second kappa shape index (κ2) is 16.9. The van der Waals surface area contributed by atoms with Crippen molar-refractivity contribution in [1.29, 1.82) is 0 Å². The van der Waals surface area contributed by atoms with Gasteiger partial charge in [0.2, 0.25) is 23.6 Å². The Hall–Kier alpha value is -3.97. The number of hydrogen-bond acceptors (Lipinski definition) is 7. The van der Waals surface area contributed by atoms with E-state index in [1.807, 2.05) is 6.26 Å². The standard InChI is InChI=1S/C27H34FN5O6S/c1-40-12-11-21(27(38)39)33-26(37)22(14-17-5-3-2-4-6-17)32-24(35)16-30-23(34)15-31-25(36)20(29)13-18-7-9-19(28)10-8-18/h2-10,20-22H,11-16,29H2,1H3,(H,30,34)(H,31,36)(H,32,35)(H,33,37)(H,38,39)/t20-,21?,22-/m1/s1. The number of nitrogens with two attached hydrogens (primary N) is 1. The number of thioether (sulfide) groups is 1. The first-order valence-corrected chi connectivity index (χ1v) is 13.9. The second-order valence-corrected chi connectivity index (χ2v) is 9.91. The van der Waals surface area contributed by atoms with E-state index in [0.29, 0.717) is 11.3 Å². The van der Waals surface area contributed by atoms with Gasteiger partial charge in [0, 0.05) is 6.42 Å². The summed E-state index contributed by atoms with van der Waals surface area (Å²) in [6, 6.07) is 11.2. The maximum atomic E-state index is 13.0. The zero-order valence-corrected chi connectivity index (χ0v) is 22.8. The monoisotopic (exact) mass is 575 g/mol. The van der Waals surface area contributed by atoms with Crippen LogP contribution in [-0.4, -0.2) is 77.9 Å². The van der Waals surface area contributed by atoms with E-state index >= 15 is 0 Å². The normalized spacial score (nSPS) is 12.9. The fourth-order valence-electron chi connectivity index (χ4n) is 3.58. The van der Waals surface area contributed by atoms with Gasteiger partial charge in [-0.05, 0) is 48.1 Å². The van der Waals surface area contributed by atoms with Gasteiger partial charge in [0.25, 0.3) is 0 Å². The summed E-state index contributed by atoms with van der Waals surface area (Å²) in [5.41, 5.74) is 7.23. The number of rotatable bonds is 16. The topological polar surface area (TPSA) is 180 Å². The Kier molecular flexibility index (Phi) is 13.6. The van der Waals surface area contributed by atoms with Gasteiger partial charge in [-0.25, -0.2) is 9.18 Å². The molecule has 0 aliphatic heterocycles. The van der Waals surface area contributed by atoms with E-state index in [2.05, 4.69) is 21.3 Å². The number of benzene rings is 2. The Morgan fingerprint density at radius 3 is 2.08 bits per heavy atom. The highest BCUT2D eigenvalue weighted by molar-refractivity contribution is 7.98. The molecule has 40 heavy (non-hydrogen) atoms. The summed E-state index contributed by atoms with van der Waals surface area (Å²) in [5.74, 6) is -3.68. The zero-order chi connectivity index (χ0) is 29.5. The van der Waals surface area contributed by atoms with Gasteiger partial charge in [-0.2, -0.15) is 11.8 Å². The predicted octanol–water partition coefficient (Wildman–Crippen LogP) is -0.0221. The highest BCUT2D eigenvalue weighted by atomic mass is 32.2. The quantitative estimate of drug-likeness (QED) is 0.162. The van der Waals surface area contributed by atoms with Gasteiger partial charge < -0.3 is 32.1 Å². The van der Waals surface area contributed by atoms with Crippen LogP contribution >= 0.6 is 11.8 Å². The molecule has 3 atom stereocenters. The smallest absolute Gasteiger partial charge is 0.326 e. The molecule has 0 spiro atoms. The molecule has 13 heteroatoms. The molecule has 2 aromatic rings. The largest absolute Gasteiger partial charge is 0.480 e. The molecule has 4 amide bonds. The van der Waals surface area contributed by atoms with E-state index in [-0.39, 0.29) is 19.3 Å². The summed E-state index contributed by atoms with van der Waals surface area (Å²) in [6.45, 7) is -0.920. The minimum Gasteiger partial charge on any atom is -0.480 e. The minimum atomic E-state index is -1.18. The number of carboxylic acids is 1. The molecule has 0 aromatic heterocycles. The lowest BCUT2D eigenvalue weighted by Crippen LogP contribution is -2.54. The van der Waals surface area contributed by atoms with E-state index in [0.717, 1.165) is 5.56 Å². The molecule has 216 valence electrons. The van der Waals surface area contributed by atoms with E-state index in [1.54, 1.807) is 30.3 Å². The highest BCUT2D eigenvalue weighted by Crippen LogP contribution is 2.07. The number of halogens is 1. The van der Waals surface area contributed by atoms with Crippen molar-refractivity contribution in [2.45, 2.75) is 37.4 Å². The van der Waals surface area contributed by atoms with Crippen LogP contribution < -0.4 is 27.0 Å². The number of nitrogens with one attached hydrogen (secondary N) is 4. The third kappa shape index (κ3) is 11.8. The first-order valence-electron chi connectivity index (χ1n) is 12.5. The Morgan fingerprint density at radius 1 is 0.825 bits per heavy atom. The molecule has 0 saturated heterocycles. The minimum absolute atomic E-state index is 0.100. The first kappa shape index (κ1) is 32.2. The summed E-state index contributed by atoms with van der Waals surface area (Å²) in [5, 5.41) is 19.2. The molecule has 2 rings (SSSR count). The lowest BCUT2D eigenvalue weighted by Gasteiger charge is -2.22. The van der Waals surface area contributed by atoms with Crippen molar-refractivity contribution in [2.24, 2.45) is 5.73 Å². The van der Waals surface area contributed by atoms with Crippen LogP contribution in [-0.2, 0) is 36.8 Å². The summed E-state index contributed by atoms with van der Waals surface area (Å²) < 4.78 is 13.0. The third-order valence-electron chi connectivity index (χ3n) is 5.73. The van der Waals surface area contributed by atoms with E-state index < -0.39 is 66.6 Å². The molecule has 0 radical (unpaired) electrons. The van der Waals surface area contributed by atoms with Crippen LogP contribution in [0.1, 0.15) is 17.5 Å². The van der Waals surface area contributed by atoms with Gasteiger partial charge in [-0.3, -0.25) is 19.2 Å². The van der Waals surface area contributed by atoms with Crippen LogP contribution in [0.5, 0.6) is 0 Å². The number of hydrogen-bond donors (Lipinski definition) is 6. The number of amides is 4. The Morgan fingerprint density at radius 2 is 1.45 bits per heavy atom. The van der Waals surface area contributed by atoms with Crippen LogP contribution in [0, 0.1) is 5.82 Å². The van der Waals surface area contributed by atoms with Crippen LogP contribution in [0.25, 0.3) is 0 Å². The summed E-state index contributed by atoms with van der Waals surface area (Å²) in [4.78, 5) is 61.4. The summed E-state index contributed by atoms with van der Waals surface area (Å²) in [6.07, 6.45) is 2.27. The van der Waals surface area contributed by atoms with Gasteiger partial charge in [-0.15, -0.1) is 0 Å². The van der Waals surface area contributed by atoms with Crippen LogP contribution in [0.15, 0.2) is 54.6 Å². The maximum Gasteiger partial charge on any atom is 0.326 e. The lowest BCUT2D eigenvalue weighted by molar-refractivity contribution is -0.142. The van der Waals surface area contributed by atoms with Gasteiger partial charge in [0.05, 0.1) is 19.1 Å². The highest BCUT2D eigenvalue weighted by Gasteiger charge is 2.27. The third-order valence-corrected chi connectivity index (χ3v) is 6.38.